The number of ether oxygens (including phenoxy) is 2. The first kappa shape index (κ1) is 12.2. The third-order valence-corrected chi connectivity index (χ3v) is 2.63. The standard InChI is InChI=1S/C12H13NO5/c1-7(12(15)16)5-13-11(14)8-3-2-4-9-10(8)18-6-17-9/h2-4,7H,5-6H2,1H3,(H,13,14)(H,15,16). The molecular formula is C12H13NO5. The van der Waals surface area contributed by atoms with Crippen molar-refractivity contribution >= 4 is 11.9 Å². The number of amides is 1. The van der Waals surface area contributed by atoms with Crippen LogP contribution in [-0.2, 0) is 4.79 Å². The Morgan fingerprint density at radius 2 is 2.22 bits per heavy atom. The molecule has 1 atom stereocenters. The molecule has 0 radical (unpaired) electrons. The van der Waals surface area contributed by atoms with Crippen LogP contribution in [0.5, 0.6) is 11.5 Å². The molecule has 1 aliphatic heterocycles. The summed E-state index contributed by atoms with van der Waals surface area (Å²) in [5, 5.41) is 11.3. The van der Waals surface area contributed by atoms with Gasteiger partial charge in [-0.2, -0.15) is 0 Å². The lowest BCUT2D eigenvalue weighted by Crippen LogP contribution is -2.31. The third-order valence-electron chi connectivity index (χ3n) is 2.63. The zero-order chi connectivity index (χ0) is 13.1. The summed E-state index contributed by atoms with van der Waals surface area (Å²) < 4.78 is 10.4. The minimum atomic E-state index is -0.951. The summed E-state index contributed by atoms with van der Waals surface area (Å²) in [7, 11) is 0. The van der Waals surface area contributed by atoms with Crippen molar-refractivity contribution in [1.82, 2.24) is 5.32 Å². The summed E-state index contributed by atoms with van der Waals surface area (Å²) >= 11 is 0. The second-order valence-corrected chi connectivity index (χ2v) is 3.99. The van der Waals surface area contributed by atoms with Crippen LogP contribution in [0, 0.1) is 5.92 Å². The Balaban J connectivity index is 2.06. The normalized spacial score (nSPS) is 14.1. The molecule has 1 heterocycles. The van der Waals surface area contributed by atoms with Crippen LogP contribution in [0.15, 0.2) is 18.2 Å². The molecule has 1 unspecified atom stereocenters. The lowest BCUT2D eigenvalue weighted by Gasteiger charge is -2.09. The van der Waals surface area contributed by atoms with Gasteiger partial charge in [-0.05, 0) is 12.1 Å². The van der Waals surface area contributed by atoms with Gasteiger partial charge in [0.05, 0.1) is 11.5 Å². The van der Waals surface area contributed by atoms with E-state index in [1.54, 1.807) is 18.2 Å². The highest BCUT2D eigenvalue weighted by atomic mass is 16.7. The van der Waals surface area contributed by atoms with E-state index < -0.39 is 11.9 Å². The first-order valence-electron chi connectivity index (χ1n) is 5.49. The van der Waals surface area contributed by atoms with Gasteiger partial charge in [0, 0.05) is 6.54 Å². The van der Waals surface area contributed by atoms with E-state index in [0.717, 1.165) is 0 Å². The van der Waals surface area contributed by atoms with Crippen LogP contribution in [0.2, 0.25) is 0 Å². The molecule has 6 nitrogen and oxygen atoms in total. The number of rotatable bonds is 4. The maximum atomic E-state index is 11.9. The highest BCUT2D eigenvalue weighted by Gasteiger charge is 2.22. The summed E-state index contributed by atoms with van der Waals surface area (Å²) in [6, 6.07) is 5.00. The maximum absolute atomic E-state index is 11.9. The molecule has 0 saturated heterocycles. The number of carbonyl (C=O) groups excluding carboxylic acids is 1. The molecule has 96 valence electrons. The fourth-order valence-electron chi connectivity index (χ4n) is 1.54. The molecule has 0 aromatic heterocycles. The Bertz CT molecular complexity index is 485. The fraction of sp³-hybridized carbons (Fsp3) is 0.333. The van der Waals surface area contributed by atoms with Crippen molar-refractivity contribution in [2.75, 3.05) is 13.3 Å². The van der Waals surface area contributed by atoms with Gasteiger partial charge < -0.3 is 19.9 Å². The zero-order valence-corrected chi connectivity index (χ0v) is 9.80. The molecule has 1 amide bonds. The van der Waals surface area contributed by atoms with E-state index in [1.807, 2.05) is 0 Å². The highest BCUT2D eigenvalue weighted by Crippen LogP contribution is 2.35. The van der Waals surface area contributed by atoms with Crippen molar-refractivity contribution in [2.24, 2.45) is 5.92 Å². The number of carbonyl (C=O) groups is 2. The first-order chi connectivity index (χ1) is 8.59. The van der Waals surface area contributed by atoms with Crippen LogP contribution in [-0.4, -0.2) is 30.3 Å². The van der Waals surface area contributed by atoms with Crippen molar-refractivity contribution in [2.45, 2.75) is 6.92 Å². The van der Waals surface area contributed by atoms with Gasteiger partial charge in [0.15, 0.2) is 11.5 Å². The predicted octanol–water partition coefficient (Wildman–Crippen LogP) is 0.866. The smallest absolute Gasteiger partial charge is 0.308 e. The molecule has 0 spiro atoms. The van der Waals surface area contributed by atoms with Crippen LogP contribution >= 0.6 is 0 Å². The number of nitrogens with one attached hydrogen (secondary N) is 1. The molecule has 2 N–H and O–H groups in total. The van der Waals surface area contributed by atoms with E-state index in [1.165, 1.54) is 6.92 Å². The van der Waals surface area contributed by atoms with Crippen molar-refractivity contribution < 1.29 is 24.2 Å². The molecule has 0 fully saturated rings. The molecule has 6 heteroatoms. The van der Waals surface area contributed by atoms with Crippen molar-refractivity contribution in [3.05, 3.63) is 23.8 Å². The molecule has 18 heavy (non-hydrogen) atoms. The van der Waals surface area contributed by atoms with Crippen LogP contribution in [0.1, 0.15) is 17.3 Å². The Labute approximate surface area is 104 Å². The van der Waals surface area contributed by atoms with E-state index in [0.29, 0.717) is 17.1 Å². The largest absolute Gasteiger partial charge is 0.481 e. The topological polar surface area (TPSA) is 84.9 Å². The second-order valence-electron chi connectivity index (χ2n) is 3.99. The van der Waals surface area contributed by atoms with E-state index >= 15 is 0 Å². The van der Waals surface area contributed by atoms with Crippen molar-refractivity contribution in [1.29, 1.82) is 0 Å². The van der Waals surface area contributed by atoms with E-state index in [9.17, 15) is 9.59 Å². The lowest BCUT2D eigenvalue weighted by molar-refractivity contribution is -0.140. The molecule has 1 aromatic rings. The van der Waals surface area contributed by atoms with Crippen molar-refractivity contribution in [3.63, 3.8) is 0 Å². The quantitative estimate of drug-likeness (QED) is 0.829. The Morgan fingerprint density at radius 3 is 2.94 bits per heavy atom. The molecule has 0 aliphatic carbocycles. The molecule has 1 aromatic carbocycles. The van der Waals surface area contributed by atoms with Gasteiger partial charge in [0.2, 0.25) is 6.79 Å². The average molecular weight is 251 g/mol. The number of para-hydroxylation sites is 1. The minimum Gasteiger partial charge on any atom is -0.481 e. The number of aliphatic carboxylic acids is 1. The summed E-state index contributed by atoms with van der Waals surface area (Å²) in [5.74, 6) is -1.03. The number of hydrogen-bond acceptors (Lipinski definition) is 4. The Hall–Kier alpha value is -2.24. The fourth-order valence-corrected chi connectivity index (χ4v) is 1.54. The first-order valence-corrected chi connectivity index (χ1v) is 5.49. The SMILES string of the molecule is CC(CNC(=O)c1cccc2c1OCO2)C(=O)O. The van der Waals surface area contributed by atoms with Gasteiger partial charge >= 0.3 is 5.97 Å². The van der Waals surface area contributed by atoms with Gasteiger partial charge in [-0.15, -0.1) is 0 Å². The number of benzene rings is 1. The van der Waals surface area contributed by atoms with E-state index in [2.05, 4.69) is 5.32 Å². The number of fused-ring (bicyclic) bond motifs is 1. The van der Waals surface area contributed by atoms with Gasteiger partial charge in [-0.1, -0.05) is 13.0 Å². The third kappa shape index (κ3) is 2.37. The zero-order valence-electron chi connectivity index (χ0n) is 9.80. The molecule has 2 rings (SSSR count). The molecular weight excluding hydrogens is 238 g/mol. The molecule has 0 bridgehead atoms. The van der Waals surface area contributed by atoms with Gasteiger partial charge in [-0.25, -0.2) is 0 Å². The maximum Gasteiger partial charge on any atom is 0.308 e. The monoisotopic (exact) mass is 251 g/mol. The van der Waals surface area contributed by atoms with Crippen LogP contribution < -0.4 is 14.8 Å². The van der Waals surface area contributed by atoms with E-state index in [-0.39, 0.29) is 19.2 Å². The Morgan fingerprint density at radius 1 is 1.44 bits per heavy atom. The number of carboxylic acids is 1. The summed E-state index contributed by atoms with van der Waals surface area (Å²) in [6.07, 6.45) is 0. The number of carboxylic acid groups (broad SMARTS) is 1. The summed E-state index contributed by atoms with van der Waals surface area (Å²) in [5.41, 5.74) is 0.350. The summed E-state index contributed by atoms with van der Waals surface area (Å²) in [6.45, 7) is 1.68. The van der Waals surface area contributed by atoms with Gasteiger partial charge in [0.25, 0.3) is 5.91 Å². The summed E-state index contributed by atoms with van der Waals surface area (Å²) in [4.78, 5) is 22.5. The average Bonchev–Trinajstić information content (AvgIpc) is 2.83. The Kier molecular flexibility index (Phi) is 3.36. The van der Waals surface area contributed by atoms with Crippen molar-refractivity contribution in [3.8, 4) is 11.5 Å². The van der Waals surface area contributed by atoms with E-state index in [4.69, 9.17) is 14.6 Å². The number of hydrogen-bond donors (Lipinski definition) is 2. The van der Waals surface area contributed by atoms with Gasteiger partial charge in [-0.3, -0.25) is 9.59 Å². The highest BCUT2D eigenvalue weighted by molar-refractivity contribution is 5.98. The van der Waals surface area contributed by atoms with Gasteiger partial charge in [0.1, 0.15) is 0 Å². The second kappa shape index (κ2) is 4.95. The lowest BCUT2D eigenvalue weighted by atomic mass is 10.1. The molecule has 0 saturated carbocycles. The van der Waals surface area contributed by atoms with Crippen LogP contribution in [0.25, 0.3) is 0 Å². The van der Waals surface area contributed by atoms with Crippen LogP contribution in [0.4, 0.5) is 0 Å². The predicted molar refractivity (Wildman–Crippen MR) is 61.7 cm³/mol. The molecule has 1 aliphatic rings. The van der Waals surface area contributed by atoms with Crippen LogP contribution in [0.3, 0.4) is 0 Å². The minimum absolute atomic E-state index is 0.0681.